The van der Waals surface area contributed by atoms with E-state index in [1.165, 1.54) is 0 Å². The number of aromatic nitrogens is 5. The summed E-state index contributed by atoms with van der Waals surface area (Å²) in [5.74, 6) is 1.91. The number of anilines is 1. The average Bonchev–Trinajstić information content (AvgIpc) is 2.91. The Labute approximate surface area is 135 Å². The van der Waals surface area contributed by atoms with Crippen LogP contribution in [-0.4, -0.2) is 55.6 Å². The molecule has 0 bridgehead atoms. The first-order valence-electron chi connectivity index (χ1n) is 7.69. The molecule has 1 aliphatic heterocycles. The molecule has 1 saturated heterocycles. The van der Waals surface area contributed by atoms with Crippen molar-refractivity contribution < 1.29 is 9.84 Å². The van der Waals surface area contributed by atoms with E-state index in [-0.39, 0.29) is 0 Å². The fourth-order valence-corrected chi connectivity index (χ4v) is 2.96. The van der Waals surface area contributed by atoms with Gasteiger partial charge >= 0.3 is 0 Å². The third kappa shape index (κ3) is 3.42. The van der Waals surface area contributed by atoms with Gasteiger partial charge in [0, 0.05) is 31.8 Å². The fraction of sp³-hybridized carbons (Fsp3) is 0.600. The Bertz CT molecular complexity index is 688. The van der Waals surface area contributed by atoms with Gasteiger partial charge in [0.25, 0.3) is 0 Å². The lowest BCUT2D eigenvalue weighted by molar-refractivity contribution is 0.0233. The van der Waals surface area contributed by atoms with Gasteiger partial charge in [0.1, 0.15) is 12.2 Å². The van der Waals surface area contributed by atoms with Gasteiger partial charge in [0.2, 0.25) is 11.8 Å². The molecule has 0 saturated carbocycles. The third-order valence-corrected chi connectivity index (χ3v) is 4.16. The molecule has 0 amide bonds. The lowest BCUT2D eigenvalue weighted by Gasteiger charge is -2.39. The van der Waals surface area contributed by atoms with Crippen molar-refractivity contribution in [3.05, 3.63) is 23.9 Å². The normalized spacial score (nSPS) is 21.5. The summed E-state index contributed by atoms with van der Waals surface area (Å²) in [4.78, 5) is 10.9. The van der Waals surface area contributed by atoms with E-state index in [2.05, 4.69) is 20.2 Å². The molecule has 2 aromatic heterocycles. The smallest absolute Gasteiger partial charge is 0.228 e. The van der Waals surface area contributed by atoms with Crippen LogP contribution in [0, 0.1) is 6.92 Å². The highest BCUT2D eigenvalue weighted by Crippen LogP contribution is 2.27. The van der Waals surface area contributed by atoms with E-state index in [0.29, 0.717) is 24.8 Å². The zero-order chi connectivity index (χ0) is 16.4. The highest BCUT2D eigenvalue weighted by Gasteiger charge is 2.36. The molecule has 1 aliphatic rings. The quantitative estimate of drug-likeness (QED) is 0.878. The Morgan fingerprint density at radius 3 is 2.91 bits per heavy atom. The molecule has 1 unspecified atom stereocenters. The largest absolute Gasteiger partial charge is 0.481 e. The molecule has 2 aromatic rings. The van der Waals surface area contributed by atoms with Crippen molar-refractivity contribution in [1.29, 1.82) is 0 Å². The molecular formula is C15H22N6O2. The van der Waals surface area contributed by atoms with E-state index in [1.54, 1.807) is 19.5 Å². The van der Waals surface area contributed by atoms with Crippen LogP contribution in [0.2, 0.25) is 0 Å². The minimum Gasteiger partial charge on any atom is -0.481 e. The maximum atomic E-state index is 11.0. The van der Waals surface area contributed by atoms with Gasteiger partial charge in [-0.1, -0.05) is 0 Å². The van der Waals surface area contributed by atoms with E-state index in [9.17, 15) is 5.11 Å². The molecular weight excluding hydrogens is 296 g/mol. The van der Waals surface area contributed by atoms with Crippen LogP contribution in [0.4, 0.5) is 5.95 Å². The first-order valence-corrected chi connectivity index (χ1v) is 7.69. The summed E-state index contributed by atoms with van der Waals surface area (Å²) in [5.41, 5.74) is -0.0198. The molecule has 23 heavy (non-hydrogen) atoms. The van der Waals surface area contributed by atoms with Gasteiger partial charge in [-0.3, -0.25) is 0 Å². The molecule has 3 rings (SSSR count). The minimum atomic E-state index is -0.862. The Morgan fingerprint density at radius 1 is 1.39 bits per heavy atom. The van der Waals surface area contributed by atoms with Crippen molar-refractivity contribution in [3.63, 3.8) is 0 Å². The molecule has 8 nitrogen and oxygen atoms in total. The number of methoxy groups -OCH3 is 1. The van der Waals surface area contributed by atoms with Gasteiger partial charge in [-0.2, -0.15) is 4.98 Å². The number of nitrogens with zero attached hydrogens (tertiary/aromatic N) is 6. The minimum absolute atomic E-state index is 0.461. The van der Waals surface area contributed by atoms with E-state index in [0.717, 1.165) is 30.9 Å². The Hall–Kier alpha value is -2.22. The van der Waals surface area contributed by atoms with Crippen molar-refractivity contribution in [2.45, 2.75) is 31.8 Å². The average molecular weight is 318 g/mol. The number of aliphatic hydroxyl groups is 1. The van der Waals surface area contributed by atoms with Crippen molar-refractivity contribution in [3.8, 4) is 5.88 Å². The van der Waals surface area contributed by atoms with Crippen molar-refractivity contribution in [2.24, 2.45) is 7.05 Å². The van der Waals surface area contributed by atoms with Gasteiger partial charge in [-0.05, 0) is 19.8 Å². The molecule has 0 spiro atoms. The van der Waals surface area contributed by atoms with Crippen LogP contribution in [0.25, 0.3) is 0 Å². The van der Waals surface area contributed by atoms with Crippen molar-refractivity contribution in [2.75, 3.05) is 25.1 Å². The zero-order valence-electron chi connectivity index (χ0n) is 13.7. The van der Waals surface area contributed by atoms with Gasteiger partial charge in [-0.15, -0.1) is 10.2 Å². The molecule has 124 valence electrons. The second-order valence-corrected chi connectivity index (χ2v) is 6.14. The lowest BCUT2D eigenvalue weighted by atomic mass is 9.89. The second kappa shape index (κ2) is 6.11. The number of β-amino-alcohol motifs (C(OH)–C–C–N with tert-alkyl or cyclic N) is 1. The van der Waals surface area contributed by atoms with Crippen molar-refractivity contribution in [1.82, 2.24) is 24.7 Å². The SMILES string of the molecule is COc1cc(C)nc(N2CCCC(O)(Cc3nncn3C)C2)n1. The number of hydrogen-bond donors (Lipinski definition) is 1. The molecule has 3 heterocycles. The standard InChI is InChI=1S/C15H22N6O2/c1-11-7-13(23-3)18-14(17-11)21-6-4-5-15(22,9-21)8-12-19-16-10-20(12)2/h7,10,22H,4-6,8-9H2,1-3H3. The van der Waals surface area contributed by atoms with Crippen molar-refractivity contribution >= 4 is 5.95 Å². The third-order valence-electron chi connectivity index (χ3n) is 4.16. The number of ether oxygens (including phenoxy) is 1. The van der Waals surface area contributed by atoms with Crippen LogP contribution in [-0.2, 0) is 13.5 Å². The summed E-state index contributed by atoms with van der Waals surface area (Å²) in [6.45, 7) is 3.18. The van der Waals surface area contributed by atoms with Crippen LogP contribution in [0.3, 0.4) is 0 Å². The number of hydrogen-bond acceptors (Lipinski definition) is 7. The summed E-state index contributed by atoms with van der Waals surface area (Å²) >= 11 is 0. The van der Waals surface area contributed by atoms with Crippen LogP contribution in [0.1, 0.15) is 24.4 Å². The molecule has 1 fully saturated rings. The van der Waals surface area contributed by atoms with Gasteiger partial charge in [0.15, 0.2) is 0 Å². The van der Waals surface area contributed by atoms with Gasteiger partial charge in [0.05, 0.1) is 19.3 Å². The highest BCUT2D eigenvalue weighted by molar-refractivity contribution is 5.36. The predicted octanol–water partition coefficient (Wildman–Crippen LogP) is 0.496. The lowest BCUT2D eigenvalue weighted by Crippen LogP contribution is -2.50. The maximum absolute atomic E-state index is 11.0. The van der Waals surface area contributed by atoms with Crippen LogP contribution < -0.4 is 9.64 Å². The molecule has 0 aromatic carbocycles. The van der Waals surface area contributed by atoms with Crippen LogP contribution in [0.15, 0.2) is 12.4 Å². The number of rotatable bonds is 4. The first kappa shape index (κ1) is 15.7. The van der Waals surface area contributed by atoms with Crippen LogP contribution >= 0.6 is 0 Å². The molecule has 0 aliphatic carbocycles. The summed E-state index contributed by atoms with van der Waals surface area (Å²) < 4.78 is 7.05. The molecule has 0 radical (unpaired) electrons. The molecule has 8 heteroatoms. The molecule has 1 N–H and O–H groups in total. The zero-order valence-corrected chi connectivity index (χ0v) is 13.7. The summed E-state index contributed by atoms with van der Waals surface area (Å²) in [5, 5.41) is 18.9. The predicted molar refractivity (Wildman–Crippen MR) is 84.4 cm³/mol. The fourth-order valence-electron chi connectivity index (χ4n) is 2.96. The Morgan fingerprint density at radius 2 is 2.22 bits per heavy atom. The summed E-state index contributed by atoms with van der Waals surface area (Å²) in [6, 6.07) is 1.79. The van der Waals surface area contributed by atoms with Crippen LogP contribution in [0.5, 0.6) is 5.88 Å². The monoisotopic (exact) mass is 318 g/mol. The molecule has 1 atom stereocenters. The Kier molecular flexibility index (Phi) is 4.16. The highest BCUT2D eigenvalue weighted by atomic mass is 16.5. The second-order valence-electron chi connectivity index (χ2n) is 6.14. The van der Waals surface area contributed by atoms with E-state index in [4.69, 9.17) is 4.74 Å². The van der Waals surface area contributed by atoms with E-state index >= 15 is 0 Å². The van der Waals surface area contributed by atoms with E-state index < -0.39 is 5.60 Å². The summed E-state index contributed by atoms with van der Waals surface area (Å²) in [7, 11) is 3.47. The first-order chi connectivity index (χ1) is 11.0. The number of aryl methyl sites for hydroxylation is 2. The van der Waals surface area contributed by atoms with Gasteiger partial charge in [-0.25, -0.2) is 4.98 Å². The van der Waals surface area contributed by atoms with Gasteiger partial charge < -0.3 is 19.3 Å². The van der Waals surface area contributed by atoms with E-state index in [1.807, 2.05) is 23.4 Å². The maximum Gasteiger partial charge on any atom is 0.228 e. The Balaban J connectivity index is 1.80. The number of piperidine rings is 1. The topological polar surface area (TPSA) is 89.2 Å². The summed E-state index contributed by atoms with van der Waals surface area (Å²) in [6.07, 6.45) is 3.70.